The van der Waals surface area contributed by atoms with E-state index < -0.39 is 10.0 Å². The van der Waals surface area contributed by atoms with E-state index in [9.17, 15) is 8.42 Å². The lowest BCUT2D eigenvalue weighted by Gasteiger charge is -2.19. The third-order valence-corrected chi connectivity index (χ3v) is 5.11. The van der Waals surface area contributed by atoms with Crippen LogP contribution in [0.3, 0.4) is 0 Å². The Morgan fingerprint density at radius 3 is 2.26 bits per heavy atom. The number of hydrogen-bond acceptors (Lipinski definition) is 2. The Morgan fingerprint density at radius 2 is 1.68 bits per heavy atom. The summed E-state index contributed by atoms with van der Waals surface area (Å²) in [7, 11) is -2.02. The van der Waals surface area contributed by atoms with E-state index in [1.165, 1.54) is 17.4 Å². The largest absolute Gasteiger partial charge is 0.269 e. The molecule has 0 bridgehead atoms. The van der Waals surface area contributed by atoms with Gasteiger partial charge in [0.2, 0.25) is 0 Å². The number of rotatable bonds is 3. The molecular formula is C14H14ClNO2S. The predicted octanol–water partition coefficient (Wildman–Crippen LogP) is 3.47. The maximum atomic E-state index is 12.5. The second-order valence-electron chi connectivity index (χ2n) is 4.22. The first-order valence-corrected chi connectivity index (χ1v) is 7.55. The lowest BCUT2D eigenvalue weighted by Crippen LogP contribution is -2.26. The standard InChI is InChI=1S/C14H14ClNO2S/c1-11-10-13(8-9-14(11)15)19(17,18)16(2)12-6-4-3-5-7-12/h3-10H,1-2H3. The summed E-state index contributed by atoms with van der Waals surface area (Å²) < 4.78 is 26.2. The van der Waals surface area contributed by atoms with Crippen molar-refractivity contribution in [3.63, 3.8) is 0 Å². The number of para-hydroxylation sites is 1. The van der Waals surface area contributed by atoms with Crippen LogP contribution >= 0.6 is 11.6 Å². The van der Waals surface area contributed by atoms with E-state index >= 15 is 0 Å². The third-order valence-electron chi connectivity index (χ3n) is 2.91. The van der Waals surface area contributed by atoms with Gasteiger partial charge in [0, 0.05) is 12.1 Å². The number of sulfonamides is 1. The summed E-state index contributed by atoms with van der Waals surface area (Å²) in [4.78, 5) is 0.237. The molecule has 0 radical (unpaired) electrons. The Hall–Kier alpha value is -1.52. The zero-order valence-corrected chi connectivity index (χ0v) is 12.2. The summed E-state index contributed by atoms with van der Waals surface area (Å²) in [6, 6.07) is 13.6. The molecule has 0 aliphatic carbocycles. The second-order valence-corrected chi connectivity index (χ2v) is 6.60. The van der Waals surface area contributed by atoms with Crippen molar-refractivity contribution in [2.45, 2.75) is 11.8 Å². The minimum atomic E-state index is -3.56. The fourth-order valence-electron chi connectivity index (χ4n) is 1.71. The fraction of sp³-hybridized carbons (Fsp3) is 0.143. The van der Waals surface area contributed by atoms with Gasteiger partial charge in [0.25, 0.3) is 10.0 Å². The number of benzene rings is 2. The summed E-state index contributed by atoms with van der Waals surface area (Å²) >= 11 is 5.92. The molecule has 0 atom stereocenters. The summed E-state index contributed by atoms with van der Waals surface area (Å²) in [6.07, 6.45) is 0. The SMILES string of the molecule is Cc1cc(S(=O)(=O)N(C)c2ccccc2)ccc1Cl. The number of nitrogens with zero attached hydrogens (tertiary/aromatic N) is 1. The van der Waals surface area contributed by atoms with Crippen LogP contribution in [0.4, 0.5) is 5.69 Å². The number of halogens is 1. The first kappa shape index (κ1) is 13.9. The average molecular weight is 296 g/mol. The monoisotopic (exact) mass is 295 g/mol. The van der Waals surface area contributed by atoms with Gasteiger partial charge in [-0.1, -0.05) is 29.8 Å². The summed E-state index contributed by atoms with van der Waals surface area (Å²) in [5, 5.41) is 0.557. The van der Waals surface area contributed by atoms with Crippen molar-refractivity contribution in [2.75, 3.05) is 11.4 Å². The molecule has 0 aromatic heterocycles. The molecule has 0 saturated heterocycles. The zero-order valence-electron chi connectivity index (χ0n) is 10.7. The highest BCUT2D eigenvalue weighted by Gasteiger charge is 2.21. The number of hydrogen-bond donors (Lipinski definition) is 0. The van der Waals surface area contributed by atoms with Crippen LogP contribution in [0, 0.1) is 6.92 Å². The van der Waals surface area contributed by atoms with E-state index in [0.29, 0.717) is 10.7 Å². The predicted molar refractivity (Wildman–Crippen MR) is 78.2 cm³/mol. The van der Waals surface area contributed by atoms with Crippen LogP contribution in [0.2, 0.25) is 5.02 Å². The normalized spacial score (nSPS) is 11.3. The molecule has 2 aromatic carbocycles. The van der Waals surface area contributed by atoms with Gasteiger partial charge in [-0.2, -0.15) is 0 Å². The quantitative estimate of drug-likeness (QED) is 0.869. The highest BCUT2D eigenvalue weighted by molar-refractivity contribution is 7.92. The Balaban J connectivity index is 2.45. The topological polar surface area (TPSA) is 37.4 Å². The van der Waals surface area contributed by atoms with Gasteiger partial charge in [-0.25, -0.2) is 8.42 Å². The second kappa shape index (κ2) is 5.23. The van der Waals surface area contributed by atoms with Gasteiger partial charge in [0.05, 0.1) is 10.6 Å². The van der Waals surface area contributed by atoms with Crippen molar-refractivity contribution < 1.29 is 8.42 Å². The summed E-state index contributed by atoms with van der Waals surface area (Å²) in [5.74, 6) is 0. The molecule has 3 nitrogen and oxygen atoms in total. The molecule has 0 N–H and O–H groups in total. The van der Waals surface area contributed by atoms with Crippen molar-refractivity contribution in [3.05, 3.63) is 59.1 Å². The third kappa shape index (κ3) is 2.74. The molecular weight excluding hydrogens is 282 g/mol. The van der Waals surface area contributed by atoms with Gasteiger partial charge in [-0.15, -0.1) is 0 Å². The highest BCUT2D eigenvalue weighted by Crippen LogP contribution is 2.24. The van der Waals surface area contributed by atoms with Gasteiger partial charge in [0.1, 0.15) is 0 Å². The average Bonchev–Trinajstić information content (AvgIpc) is 2.41. The van der Waals surface area contributed by atoms with Gasteiger partial charge >= 0.3 is 0 Å². The van der Waals surface area contributed by atoms with Crippen LogP contribution in [0.15, 0.2) is 53.4 Å². The van der Waals surface area contributed by atoms with Crippen LogP contribution in [0.5, 0.6) is 0 Å². The van der Waals surface area contributed by atoms with Gasteiger partial charge in [-0.3, -0.25) is 4.31 Å². The van der Waals surface area contributed by atoms with Crippen molar-refractivity contribution >= 4 is 27.3 Å². The molecule has 0 amide bonds. The van der Waals surface area contributed by atoms with Crippen LogP contribution in [0.1, 0.15) is 5.56 Å². The molecule has 0 unspecified atom stereocenters. The Morgan fingerprint density at radius 1 is 1.05 bits per heavy atom. The van der Waals surface area contributed by atoms with Crippen molar-refractivity contribution in [3.8, 4) is 0 Å². The lowest BCUT2D eigenvalue weighted by molar-refractivity contribution is 0.594. The maximum Gasteiger partial charge on any atom is 0.264 e. The smallest absolute Gasteiger partial charge is 0.264 e. The molecule has 2 rings (SSSR count). The van der Waals surface area contributed by atoms with Gasteiger partial charge < -0.3 is 0 Å². The number of anilines is 1. The van der Waals surface area contributed by atoms with E-state index in [0.717, 1.165) is 5.56 Å². The van der Waals surface area contributed by atoms with Crippen molar-refractivity contribution in [1.29, 1.82) is 0 Å². The van der Waals surface area contributed by atoms with Crippen LogP contribution in [-0.4, -0.2) is 15.5 Å². The molecule has 0 fully saturated rings. The van der Waals surface area contributed by atoms with Crippen LogP contribution < -0.4 is 4.31 Å². The van der Waals surface area contributed by atoms with E-state index in [1.54, 1.807) is 43.3 Å². The Kier molecular flexibility index (Phi) is 3.83. The van der Waals surface area contributed by atoms with E-state index in [4.69, 9.17) is 11.6 Å². The van der Waals surface area contributed by atoms with Crippen LogP contribution in [0.25, 0.3) is 0 Å². The molecule has 100 valence electrons. The summed E-state index contributed by atoms with van der Waals surface area (Å²) in [5.41, 5.74) is 1.36. The van der Waals surface area contributed by atoms with Crippen molar-refractivity contribution in [2.24, 2.45) is 0 Å². The minimum Gasteiger partial charge on any atom is -0.269 e. The Labute approximate surface area is 118 Å². The lowest BCUT2D eigenvalue weighted by atomic mass is 10.2. The first-order valence-electron chi connectivity index (χ1n) is 5.73. The number of aryl methyl sites for hydroxylation is 1. The van der Waals surface area contributed by atoms with Gasteiger partial charge in [0.15, 0.2) is 0 Å². The van der Waals surface area contributed by atoms with E-state index in [2.05, 4.69) is 0 Å². The molecule has 0 saturated carbocycles. The molecule has 19 heavy (non-hydrogen) atoms. The fourth-order valence-corrected chi connectivity index (χ4v) is 3.11. The molecule has 0 aliphatic rings. The van der Waals surface area contributed by atoms with Crippen LogP contribution in [-0.2, 0) is 10.0 Å². The van der Waals surface area contributed by atoms with Crippen molar-refractivity contribution in [1.82, 2.24) is 0 Å². The van der Waals surface area contributed by atoms with E-state index in [1.807, 2.05) is 6.07 Å². The molecule has 2 aromatic rings. The minimum absolute atomic E-state index is 0.237. The zero-order chi connectivity index (χ0) is 14.0. The van der Waals surface area contributed by atoms with E-state index in [-0.39, 0.29) is 4.90 Å². The Bertz CT molecular complexity index is 684. The summed E-state index contributed by atoms with van der Waals surface area (Å²) in [6.45, 7) is 1.78. The molecule has 5 heteroatoms. The maximum absolute atomic E-state index is 12.5. The highest BCUT2D eigenvalue weighted by atomic mass is 35.5. The molecule has 0 aliphatic heterocycles. The van der Waals surface area contributed by atoms with Gasteiger partial charge in [-0.05, 0) is 42.8 Å². The molecule has 0 heterocycles. The first-order chi connectivity index (χ1) is 8.93. The molecule has 0 spiro atoms.